The third kappa shape index (κ3) is 6.86. The number of aliphatic carboxylic acids is 1. The molecule has 0 amide bonds. The number of aliphatic hydroxyl groups excluding tert-OH is 1. The van der Waals surface area contributed by atoms with Gasteiger partial charge in [0.15, 0.2) is 6.29 Å². The summed E-state index contributed by atoms with van der Waals surface area (Å²) >= 11 is 0. The summed E-state index contributed by atoms with van der Waals surface area (Å²) in [5, 5.41) is 19.6. The molecular formula is C28H44O6. The number of aliphatic hydroxyl groups is 1. The first-order chi connectivity index (χ1) is 16.5. The van der Waals surface area contributed by atoms with Crippen LogP contribution in [-0.2, 0) is 19.0 Å². The Morgan fingerprint density at radius 3 is 2.88 bits per heavy atom. The Bertz CT molecular complexity index is 712. The highest BCUT2D eigenvalue weighted by molar-refractivity contribution is 5.66. The Morgan fingerprint density at radius 1 is 1.24 bits per heavy atom. The monoisotopic (exact) mass is 476 g/mol. The third-order valence-corrected chi connectivity index (χ3v) is 8.31. The second-order valence-electron chi connectivity index (χ2n) is 10.9. The fraction of sp³-hybridized carbons (Fsp3) is 0.821. The summed E-state index contributed by atoms with van der Waals surface area (Å²) in [7, 11) is 0. The molecule has 0 aromatic rings. The molecule has 2 saturated carbocycles. The minimum Gasteiger partial charge on any atom is -0.495 e. The quantitative estimate of drug-likeness (QED) is 0.298. The zero-order valence-electron chi connectivity index (χ0n) is 20.8. The first kappa shape index (κ1) is 25.7. The second kappa shape index (κ2) is 12.5. The average Bonchev–Trinajstić information content (AvgIpc) is 3.50. The molecule has 0 radical (unpaired) electrons. The molecule has 4 fully saturated rings. The van der Waals surface area contributed by atoms with Gasteiger partial charge in [0.05, 0.1) is 18.0 Å². The number of fused-ring (bicyclic) bond motifs is 1. The molecule has 0 spiro atoms. The number of hydrogen-bond acceptors (Lipinski definition) is 5. The molecule has 0 bridgehead atoms. The summed E-state index contributed by atoms with van der Waals surface area (Å²) < 4.78 is 18.6. The highest BCUT2D eigenvalue weighted by atomic mass is 16.7. The second-order valence-corrected chi connectivity index (χ2v) is 10.9. The van der Waals surface area contributed by atoms with Crippen molar-refractivity contribution < 1.29 is 29.2 Å². The average molecular weight is 477 g/mol. The van der Waals surface area contributed by atoms with Crippen LogP contribution in [0.2, 0.25) is 0 Å². The maximum absolute atomic E-state index is 10.8. The van der Waals surface area contributed by atoms with Gasteiger partial charge >= 0.3 is 5.97 Å². The van der Waals surface area contributed by atoms with Gasteiger partial charge in [-0.05, 0) is 62.9 Å². The summed E-state index contributed by atoms with van der Waals surface area (Å²) in [5.41, 5.74) is 0. The van der Waals surface area contributed by atoms with Gasteiger partial charge in [0.2, 0.25) is 0 Å². The smallest absolute Gasteiger partial charge is 0.303 e. The van der Waals surface area contributed by atoms with Crippen molar-refractivity contribution in [1.82, 2.24) is 0 Å². The first-order valence-corrected chi connectivity index (χ1v) is 13.7. The normalized spacial score (nSPS) is 37.8. The van der Waals surface area contributed by atoms with Crippen LogP contribution >= 0.6 is 0 Å². The Hall–Kier alpha value is -1.37. The van der Waals surface area contributed by atoms with Gasteiger partial charge in [-0.2, -0.15) is 0 Å². The van der Waals surface area contributed by atoms with E-state index in [-0.39, 0.29) is 42.9 Å². The molecular weight excluding hydrogens is 432 g/mol. The van der Waals surface area contributed by atoms with Crippen molar-refractivity contribution in [2.75, 3.05) is 6.61 Å². The van der Waals surface area contributed by atoms with Crippen LogP contribution in [0.4, 0.5) is 0 Å². The Labute approximate surface area is 204 Å². The molecule has 0 aromatic carbocycles. The number of unbranched alkanes of at least 4 members (excludes halogenated alkanes) is 1. The molecule has 2 N–H and O–H groups in total. The van der Waals surface area contributed by atoms with Crippen LogP contribution in [0.15, 0.2) is 24.0 Å². The van der Waals surface area contributed by atoms with Crippen molar-refractivity contribution >= 4 is 5.97 Å². The number of ether oxygens (including phenoxy) is 3. The summed E-state index contributed by atoms with van der Waals surface area (Å²) in [6, 6.07) is 0. The van der Waals surface area contributed by atoms with Gasteiger partial charge in [-0.3, -0.25) is 4.79 Å². The fourth-order valence-electron chi connectivity index (χ4n) is 6.53. The van der Waals surface area contributed by atoms with Gasteiger partial charge < -0.3 is 24.4 Å². The van der Waals surface area contributed by atoms with Crippen molar-refractivity contribution in [1.29, 1.82) is 0 Å². The van der Waals surface area contributed by atoms with Gasteiger partial charge in [-0.25, -0.2) is 0 Å². The topological polar surface area (TPSA) is 85.2 Å². The molecule has 6 heteroatoms. The van der Waals surface area contributed by atoms with Gasteiger partial charge in [-0.1, -0.05) is 38.3 Å². The molecule has 2 aliphatic carbocycles. The van der Waals surface area contributed by atoms with Crippen LogP contribution in [0.5, 0.6) is 0 Å². The lowest BCUT2D eigenvalue weighted by molar-refractivity contribution is -0.187. The highest BCUT2D eigenvalue weighted by Gasteiger charge is 2.47. The maximum Gasteiger partial charge on any atom is 0.303 e. The summed E-state index contributed by atoms with van der Waals surface area (Å²) in [6.07, 6.45) is 18.6. The molecule has 8 atom stereocenters. The number of allylic oxidation sites excluding steroid dienone is 2. The summed E-state index contributed by atoms with van der Waals surface area (Å²) in [5.74, 6) is 1.89. The zero-order valence-corrected chi connectivity index (χ0v) is 20.8. The van der Waals surface area contributed by atoms with Crippen LogP contribution in [0, 0.1) is 23.7 Å². The maximum atomic E-state index is 10.8. The predicted molar refractivity (Wildman–Crippen MR) is 130 cm³/mol. The molecule has 192 valence electrons. The number of carboxylic acids is 1. The molecule has 2 saturated heterocycles. The lowest BCUT2D eigenvalue weighted by Crippen LogP contribution is -2.31. The minimum atomic E-state index is -0.755. The van der Waals surface area contributed by atoms with E-state index in [2.05, 4.69) is 19.1 Å². The molecule has 4 aliphatic rings. The van der Waals surface area contributed by atoms with Crippen molar-refractivity contribution in [3.05, 3.63) is 24.0 Å². The highest BCUT2D eigenvalue weighted by Crippen LogP contribution is 2.46. The Morgan fingerprint density at radius 2 is 2.12 bits per heavy atom. The molecule has 4 rings (SSSR count). The fourth-order valence-corrected chi connectivity index (χ4v) is 6.53. The van der Waals surface area contributed by atoms with Crippen LogP contribution in [-0.4, -0.2) is 47.4 Å². The lowest BCUT2D eigenvalue weighted by Gasteiger charge is -2.30. The van der Waals surface area contributed by atoms with Crippen molar-refractivity contribution in [2.24, 2.45) is 23.7 Å². The minimum absolute atomic E-state index is 0.0459. The van der Waals surface area contributed by atoms with E-state index in [0.29, 0.717) is 18.8 Å². The van der Waals surface area contributed by atoms with Crippen LogP contribution < -0.4 is 0 Å². The van der Waals surface area contributed by atoms with E-state index in [1.807, 2.05) is 6.08 Å². The summed E-state index contributed by atoms with van der Waals surface area (Å²) in [4.78, 5) is 10.7. The predicted octanol–water partition coefficient (Wildman–Crippen LogP) is 5.60. The van der Waals surface area contributed by atoms with Crippen LogP contribution in [0.3, 0.4) is 0 Å². The molecule has 2 aliphatic heterocycles. The van der Waals surface area contributed by atoms with Gasteiger partial charge in [0.25, 0.3) is 0 Å². The standard InChI is InChI=1S/C28H44O6/c1-2-7-19-11-12-20(16-19)25(34-28-10-5-6-15-32-28)14-13-22-23-17-21(8-3-4-9-27(30)31)33-26(23)18-24(22)29/h8,13-14,19-20,22-26,28-29H,2-7,9-12,15-18H2,1H3,(H,30,31)/b14-13+,21-8-/t19?,20?,22-,23-,24-,25-,26-,28?/m1/s1. The largest absolute Gasteiger partial charge is 0.495 e. The lowest BCUT2D eigenvalue weighted by atomic mass is 9.89. The molecule has 3 unspecified atom stereocenters. The molecule has 2 heterocycles. The number of hydrogen-bond donors (Lipinski definition) is 2. The zero-order chi connectivity index (χ0) is 23.9. The Balaban J connectivity index is 1.38. The van der Waals surface area contributed by atoms with E-state index in [1.165, 1.54) is 32.1 Å². The third-order valence-electron chi connectivity index (χ3n) is 8.31. The van der Waals surface area contributed by atoms with E-state index in [1.54, 1.807) is 0 Å². The van der Waals surface area contributed by atoms with Crippen LogP contribution in [0.25, 0.3) is 0 Å². The van der Waals surface area contributed by atoms with Crippen LogP contribution in [0.1, 0.15) is 90.4 Å². The van der Waals surface area contributed by atoms with E-state index < -0.39 is 5.97 Å². The molecule has 0 aromatic heterocycles. The van der Waals surface area contributed by atoms with Crippen molar-refractivity contribution in [3.8, 4) is 0 Å². The van der Waals surface area contributed by atoms with E-state index in [4.69, 9.17) is 19.3 Å². The van der Waals surface area contributed by atoms with E-state index in [9.17, 15) is 9.90 Å². The number of carbonyl (C=O) groups is 1. The van der Waals surface area contributed by atoms with E-state index >= 15 is 0 Å². The molecule has 34 heavy (non-hydrogen) atoms. The summed E-state index contributed by atoms with van der Waals surface area (Å²) in [6.45, 7) is 3.06. The SMILES string of the molecule is CCCC1CCC([C@@H](/C=C/[C@@H]2[C@H]3C/C(=C/CCCC(=O)O)O[C@@H]3C[C@H]2O)OC2CCCCO2)C1. The van der Waals surface area contributed by atoms with E-state index in [0.717, 1.165) is 50.4 Å². The van der Waals surface area contributed by atoms with Gasteiger partial charge in [0, 0.05) is 37.7 Å². The van der Waals surface area contributed by atoms with Gasteiger partial charge in [-0.15, -0.1) is 0 Å². The van der Waals surface area contributed by atoms with Gasteiger partial charge in [0.1, 0.15) is 6.10 Å². The van der Waals surface area contributed by atoms with Crippen molar-refractivity contribution in [3.63, 3.8) is 0 Å². The van der Waals surface area contributed by atoms with Crippen molar-refractivity contribution in [2.45, 2.75) is 115 Å². The first-order valence-electron chi connectivity index (χ1n) is 13.7. The molecule has 6 nitrogen and oxygen atoms in total. The number of carboxylic acid groups (broad SMARTS) is 1. The Kier molecular flexibility index (Phi) is 9.49. The number of rotatable bonds is 11.